The Bertz CT molecular complexity index is 1750. The third-order valence-electron chi connectivity index (χ3n) is 7.07. The zero-order valence-corrected chi connectivity index (χ0v) is 24.3. The number of thiophene rings is 1. The lowest BCUT2D eigenvalue weighted by molar-refractivity contribution is -0.121. The largest absolute Gasteiger partial charge is 0.457 e. The summed E-state index contributed by atoms with van der Waals surface area (Å²) in [5.41, 5.74) is 4.05. The first-order valence-electron chi connectivity index (χ1n) is 13.6. The van der Waals surface area contributed by atoms with Gasteiger partial charge in [-0.3, -0.25) is 14.5 Å². The number of carbonyl (C=O) groups is 3. The van der Waals surface area contributed by atoms with Gasteiger partial charge in [0.25, 0.3) is 5.91 Å². The van der Waals surface area contributed by atoms with Gasteiger partial charge in [0, 0.05) is 17.6 Å². The van der Waals surface area contributed by atoms with E-state index in [2.05, 4.69) is 20.9 Å². The normalized spacial score (nSPS) is 14.4. The molecule has 4 aromatic rings. The van der Waals surface area contributed by atoms with E-state index in [-0.39, 0.29) is 24.4 Å². The zero-order chi connectivity index (χ0) is 29.4. The molecule has 42 heavy (non-hydrogen) atoms. The van der Waals surface area contributed by atoms with E-state index in [0.717, 1.165) is 23.4 Å². The number of hydrogen-bond acceptors (Lipinski definition) is 7. The van der Waals surface area contributed by atoms with E-state index in [4.69, 9.17) is 4.74 Å². The molecule has 0 atom stereocenters. The van der Waals surface area contributed by atoms with Crippen molar-refractivity contribution in [3.63, 3.8) is 0 Å². The zero-order valence-electron chi connectivity index (χ0n) is 23.5. The summed E-state index contributed by atoms with van der Waals surface area (Å²) in [6.45, 7) is 2.18. The lowest BCUT2D eigenvalue weighted by atomic mass is 10.1. The summed E-state index contributed by atoms with van der Waals surface area (Å²) in [5.74, 6) is 0.911. The van der Waals surface area contributed by atoms with Crippen molar-refractivity contribution >= 4 is 56.5 Å². The fourth-order valence-electron chi connectivity index (χ4n) is 5.26. The predicted octanol–water partition coefficient (Wildman–Crippen LogP) is 5.88. The van der Waals surface area contributed by atoms with E-state index in [1.54, 1.807) is 22.1 Å². The van der Waals surface area contributed by atoms with Crippen LogP contribution in [0.4, 0.5) is 21.9 Å². The number of carbonyl (C=O) groups excluding carboxylic acids is 3. The number of rotatable bonds is 8. The van der Waals surface area contributed by atoms with Crippen molar-refractivity contribution in [1.29, 1.82) is 0 Å². The number of aryl methyl sites for hydroxylation is 1. The highest BCUT2D eigenvalue weighted by Crippen LogP contribution is 2.46. The summed E-state index contributed by atoms with van der Waals surface area (Å²) >= 11 is 1.22. The average Bonchev–Trinajstić information content (AvgIpc) is 3.54. The average molecular weight is 583 g/mol. The van der Waals surface area contributed by atoms with Crippen LogP contribution in [0, 0.1) is 6.92 Å². The Morgan fingerprint density at radius 1 is 1.02 bits per heavy atom. The van der Waals surface area contributed by atoms with Gasteiger partial charge in [0.1, 0.15) is 21.2 Å². The number of nitrogens with one attached hydrogen (secondary N) is 3. The molecule has 1 aliphatic heterocycles. The van der Waals surface area contributed by atoms with Crippen LogP contribution in [-0.4, -0.2) is 48.4 Å². The molecule has 2 aliphatic rings. The minimum atomic E-state index is -0.376. The highest BCUT2D eigenvalue weighted by atomic mass is 32.1. The number of nitrogens with zero attached hydrogens (tertiary/aromatic N) is 3. The van der Waals surface area contributed by atoms with Crippen LogP contribution < -0.4 is 25.6 Å². The fraction of sp³-hybridized carbons (Fsp3) is 0.226. The summed E-state index contributed by atoms with van der Waals surface area (Å²) in [7, 11) is 3.65. The molecule has 3 N–H and O–H groups in total. The summed E-state index contributed by atoms with van der Waals surface area (Å²) < 4.78 is 5.97. The third kappa shape index (κ3) is 5.31. The molecule has 4 amide bonds. The minimum absolute atomic E-state index is 0.128. The van der Waals surface area contributed by atoms with Gasteiger partial charge >= 0.3 is 6.03 Å². The Morgan fingerprint density at radius 2 is 1.79 bits per heavy atom. The first-order chi connectivity index (χ1) is 20.3. The van der Waals surface area contributed by atoms with Gasteiger partial charge < -0.3 is 25.6 Å². The maximum atomic E-state index is 13.6. The molecule has 0 fully saturated rings. The van der Waals surface area contributed by atoms with Gasteiger partial charge in [-0.25, -0.2) is 9.78 Å². The van der Waals surface area contributed by atoms with Crippen molar-refractivity contribution in [1.82, 2.24) is 20.5 Å². The van der Waals surface area contributed by atoms with Crippen molar-refractivity contribution in [2.24, 2.45) is 0 Å². The predicted molar refractivity (Wildman–Crippen MR) is 164 cm³/mol. The number of allylic oxidation sites excluding steroid dienone is 2. The Kier molecular flexibility index (Phi) is 7.36. The molecule has 2 aromatic heterocycles. The second kappa shape index (κ2) is 11.3. The number of aromatic nitrogens is 1. The van der Waals surface area contributed by atoms with E-state index in [1.165, 1.54) is 11.3 Å². The van der Waals surface area contributed by atoms with Gasteiger partial charge in [0.2, 0.25) is 5.91 Å². The molecule has 0 saturated heterocycles. The van der Waals surface area contributed by atoms with E-state index in [9.17, 15) is 14.4 Å². The number of amides is 4. The quantitative estimate of drug-likeness (QED) is 0.239. The minimum Gasteiger partial charge on any atom is -0.457 e. The lowest BCUT2D eigenvalue weighted by Crippen LogP contribution is -2.35. The number of pyridine rings is 1. The monoisotopic (exact) mass is 582 g/mol. The number of likely N-dealkylation sites (N-methyl/N-ethyl adjacent to an activating group) is 1. The highest BCUT2D eigenvalue weighted by Gasteiger charge is 2.34. The second-order valence-corrected chi connectivity index (χ2v) is 11.5. The van der Waals surface area contributed by atoms with E-state index in [1.807, 2.05) is 69.6 Å². The summed E-state index contributed by atoms with van der Waals surface area (Å²) in [6, 6.07) is 16.5. The van der Waals surface area contributed by atoms with Crippen LogP contribution >= 0.6 is 11.3 Å². The topological polar surface area (TPSA) is 116 Å². The van der Waals surface area contributed by atoms with Crippen LogP contribution in [0.25, 0.3) is 10.2 Å². The molecule has 0 spiro atoms. The molecule has 1 aliphatic carbocycles. The van der Waals surface area contributed by atoms with Crippen LogP contribution in [0.2, 0.25) is 0 Å². The summed E-state index contributed by atoms with van der Waals surface area (Å²) in [4.78, 5) is 48.3. The molecular weight excluding hydrogens is 552 g/mol. The van der Waals surface area contributed by atoms with Crippen molar-refractivity contribution in [2.75, 3.05) is 30.9 Å². The van der Waals surface area contributed by atoms with Crippen LogP contribution in [0.15, 0.2) is 72.2 Å². The van der Waals surface area contributed by atoms with Crippen LogP contribution in [0.5, 0.6) is 11.5 Å². The molecule has 0 unspecified atom stereocenters. The SMILES string of the molecule is Cc1cc(Oc2ccccc2)ccc1N1C(=O)Nc2c(C(=O)NC3=C(NC(=O)CN(C)C)CCC3)sc3nccc1c23. The van der Waals surface area contributed by atoms with E-state index >= 15 is 0 Å². The van der Waals surface area contributed by atoms with Crippen LogP contribution in [0.3, 0.4) is 0 Å². The molecule has 0 radical (unpaired) electrons. The Morgan fingerprint density at radius 3 is 2.52 bits per heavy atom. The van der Waals surface area contributed by atoms with Crippen molar-refractivity contribution < 1.29 is 19.1 Å². The molecule has 3 heterocycles. The number of benzene rings is 2. The molecule has 10 nitrogen and oxygen atoms in total. The van der Waals surface area contributed by atoms with Gasteiger partial charge in [0.05, 0.1) is 29.0 Å². The molecule has 214 valence electrons. The molecule has 2 aromatic carbocycles. The van der Waals surface area contributed by atoms with Gasteiger partial charge in [-0.1, -0.05) is 18.2 Å². The Labute approximate surface area is 247 Å². The first-order valence-corrected chi connectivity index (χ1v) is 14.4. The second-order valence-electron chi connectivity index (χ2n) is 10.5. The van der Waals surface area contributed by atoms with Crippen molar-refractivity contribution in [2.45, 2.75) is 26.2 Å². The van der Waals surface area contributed by atoms with E-state index < -0.39 is 0 Å². The molecular formula is C31H30N6O4S. The maximum absolute atomic E-state index is 13.6. The van der Waals surface area contributed by atoms with Gasteiger partial charge in [-0.05, 0) is 82.2 Å². The summed E-state index contributed by atoms with van der Waals surface area (Å²) in [5, 5.41) is 9.58. The number of anilines is 3. The maximum Gasteiger partial charge on any atom is 0.331 e. The Hall–Kier alpha value is -4.74. The smallest absolute Gasteiger partial charge is 0.331 e. The number of ether oxygens (including phenoxy) is 1. The third-order valence-corrected chi connectivity index (χ3v) is 8.17. The van der Waals surface area contributed by atoms with Crippen molar-refractivity contribution in [3.8, 4) is 11.5 Å². The van der Waals surface area contributed by atoms with Crippen molar-refractivity contribution in [3.05, 3.63) is 82.6 Å². The Balaban J connectivity index is 1.29. The molecule has 6 rings (SSSR count). The number of hydrogen-bond donors (Lipinski definition) is 3. The van der Waals surface area contributed by atoms with Gasteiger partial charge in [0.15, 0.2) is 0 Å². The van der Waals surface area contributed by atoms with Crippen LogP contribution in [0.1, 0.15) is 34.5 Å². The fourth-order valence-corrected chi connectivity index (χ4v) is 6.27. The molecule has 0 saturated carbocycles. The van der Waals surface area contributed by atoms with Gasteiger partial charge in [-0.2, -0.15) is 0 Å². The standard InChI is InChI=1S/C31H30N6O4S/c1-18-16-20(41-19-8-5-4-6-9-19)12-13-23(18)37-24-14-15-32-30-26(24)27(35-31(37)40)28(42-30)29(39)34-22-11-7-10-21(22)33-25(38)17-36(2)3/h4-6,8-9,12-16H,7,10-11,17H2,1-3H3,(H,33,38)(H,34,39)(H,35,40). The molecule has 0 bridgehead atoms. The number of para-hydroxylation sites is 1. The van der Waals surface area contributed by atoms with E-state index in [0.29, 0.717) is 56.4 Å². The highest BCUT2D eigenvalue weighted by molar-refractivity contribution is 7.21. The lowest BCUT2D eigenvalue weighted by Gasteiger charge is -2.29. The molecule has 11 heteroatoms. The van der Waals surface area contributed by atoms with Gasteiger partial charge in [-0.15, -0.1) is 11.3 Å². The number of urea groups is 1. The van der Waals surface area contributed by atoms with Crippen LogP contribution in [-0.2, 0) is 4.79 Å². The first kappa shape index (κ1) is 27.4. The summed E-state index contributed by atoms with van der Waals surface area (Å²) in [6.07, 6.45) is 3.81.